The Kier molecular flexibility index (Phi) is 3.62. The minimum absolute atomic E-state index is 0.116. The van der Waals surface area contributed by atoms with Crippen molar-refractivity contribution in [3.8, 4) is 12.3 Å². The van der Waals surface area contributed by atoms with Gasteiger partial charge in [0.1, 0.15) is 0 Å². The van der Waals surface area contributed by atoms with Crippen molar-refractivity contribution in [3.63, 3.8) is 0 Å². The van der Waals surface area contributed by atoms with Crippen molar-refractivity contribution >= 4 is 23.2 Å². The minimum Gasteiger partial charge on any atom is -0.303 e. The van der Waals surface area contributed by atoms with E-state index in [1.165, 1.54) is 0 Å². The predicted octanol–water partition coefficient (Wildman–Crippen LogP) is 2.89. The Balaban J connectivity index is 3.04. The first-order valence-electron chi connectivity index (χ1n) is 3.77. The third-order valence-electron chi connectivity index (χ3n) is 1.73. The molecule has 0 amide bonds. The molecule has 1 N–H and O–H groups in total. The first kappa shape index (κ1) is 10.4. The maximum Gasteiger partial charge on any atom is 0.0941 e. The lowest BCUT2D eigenvalue weighted by Crippen LogP contribution is -2.13. The monoisotopic (exact) mass is 213 g/mol. The Morgan fingerprint density at radius 3 is 2.54 bits per heavy atom. The molecular formula is C10H9Cl2N. The van der Waals surface area contributed by atoms with Crippen LogP contribution in [0.15, 0.2) is 18.2 Å². The average molecular weight is 214 g/mol. The van der Waals surface area contributed by atoms with Gasteiger partial charge >= 0.3 is 0 Å². The molecule has 1 atom stereocenters. The summed E-state index contributed by atoms with van der Waals surface area (Å²) >= 11 is 11.6. The van der Waals surface area contributed by atoms with E-state index in [-0.39, 0.29) is 6.04 Å². The van der Waals surface area contributed by atoms with Crippen molar-refractivity contribution in [1.29, 1.82) is 0 Å². The lowest BCUT2D eigenvalue weighted by atomic mass is 10.1. The Hall–Kier alpha value is -0.680. The van der Waals surface area contributed by atoms with Gasteiger partial charge in [-0.15, -0.1) is 6.42 Å². The molecule has 0 radical (unpaired) electrons. The summed E-state index contributed by atoms with van der Waals surface area (Å²) in [5.74, 6) is 2.60. The zero-order valence-electron chi connectivity index (χ0n) is 7.14. The van der Waals surface area contributed by atoms with E-state index in [2.05, 4.69) is 11.2 Å². The number of hydrogen-bond donors (Lipinski definition) is 1. The highest BCUT2D eigenvalue weighted by atomic mass is 35.5. The van der Waals surface area contributed by atoms with E-state index in [9.17, 15) is 0 Å². The molecule has 0 heterocycles. The van der Waals surface area contributed by atoms with Gasteiger partial charge < -0.3 is 5.32 Å². The van der Waals surface area contributed by atoms with Crippen LogP contribution in [-0.2, 0) is 0 Å². The van der Waals surface area contributed by atoms with E-state index in [1.54, 1.807) is 19.2 Å². The van der Waals surface area contributed by atoms with Gasteiger partial charge in [0.25, 0.3) is 0 Å². The van der Waals surface area contributed by atoms with Gasteiger partial charge in [-0.2, -0.15) is 0 Å². The largest absolute Gasteiger partial charge is 0.303 e. The smallest absolute Gasteiger partial charge is 0.0941 e. The molecule has 0 saturated heterocycles. The summed E-state index contributed by atoms with van der Waals surface area (Å²) in [5.41, 5.74) is 0.944. The molecule has 0 fully saturated rings. The van der Waals surface area contributed by atoms with Crippen molar-refractivity contribution in [1.82, 2.24) is 5.32 Å². The van der Waals surface area contributed by atoms with Crippen LogP contribution in [-0.4, -0.2) is 7.05 Å². The molecule has 0 aliphatic carbocycles. The minimum atomic E-state index is -0.116. The summed E-state index contributed by atoms with van der Waals surface area (Å²) < 4.78 is 0. The maximum atomic E-state index is 5.84. The quantitative estimate of drug-likeness (QED) is 0.746. The molecule has 0 saturated carbocycles. The van der Waals surface area contributed by atoms with Crippen molar-refractivity contribution in [2.75, 3.05) is 7.05 Å². The van der Waals surface area contributed by atoms with E-state index in [1.807, 2.05) is 6.07 Å². The Morgan fingerprint density at radius 1 is 1.38 bits per heavy atom. The standard InChI is InChI=1S/C10H9Cl2N/c1-3-10(13-2)7-4-5-8(11)9(12)6-7/h1,4-6,10,13H,2H3. The summed E-state index contributed by atoms with van der Waals surface area (Å²) in [6, 6.07) is 5.25. The highest BCUT2D eigenvalue weighted by Crippen LogP contribution is 2.25. The lowest BCUT2D eigenvalue weighted by Gasteiger charge is -2.09. The third-order valence-corrected chi connectivity index (χ3v) is 2.47. The van der Waals surface area contributed by atoms with Crippen LogP contribution in [0.1, 0.15) is 11.6 Å². The van der Waals surface area contributed by atoms with Gasteiger partial charge in [-0.3, -0.25) is 0 Å². The fraction of sp³-hybridized carbons (Fsp3) is 0.200. The normalized spacial score (nSPS) is 12.2. The number of benzene rings is 1. The highest BCUT2D eigenvalue weighted by Gasteiger charge is 2.06. The van der Waals surface area contributed by atoms with E-state index < -0.39 is 0 Å². The molecule has 13 heavy (non-hydrogen) atoms. The van der Waals surface area contributed by atoms with Crippen LogP contribution < -0.4 is 5.32 Å². The van der Waals surface area contributed by atoms with Gasteiger partial charge in [0.15, 0.2) is 0 Å². The second-order valence-corrected chi connectivity index (χ2v) is 3.38. The molecule has 1 unspecified atom stereocenters. The molecular weight excluding hydrogens is 205 g/mol. The topological polar surface area (TPSA) is 12.0 Å². The van der Waals surface area contributed by atoms with Gasteiger partial charge in [-0.05, 0) is 24.7 Å². The van der Waals surface area contributed by atoms with Crippen molar-refractivity contribution in [3.05, 3.63) is 33.8 Å². The van der Waals surface area contributed by atoms with E-state index >= 15 is 0 Å². The van der Waals surface area contributed by atoms with Crippen LogP contribution in [0.5, 0.6) is 0 Å². The zero-order chi connectivity index (χ0) is 9.84. The van der Waals surface area contributed by atoms with Crippen LogP contribution in [0.2, 0.25) is 10.0 Å². The first-order valence-corrected chi connectivity index (χ1v) is 4.53. The number of hydrogen-bond acceptors (Lipinski definition) is 1. The van der Waals surface area contributed by atoms with E-state index in [0.717, 1.165) is 5.56 Å². The fourth-order valence-corrected chi connectivity index (χ4v) is 1.34. The average Bonchev–Trinajstić information content (AvgIpc) is 2.13. The Bertz CT molecular complexity index is 341. The molecule has 0 aromatic heterocycles. The summed E-state index contributed by atoms with van der Waals surface area (Å²) in [7, 11) is 1.80. The van der Waals surface area contributed by atoms with Crippen molar-refractivity contribution in [2.24, 2.45) is 0 Å². The number of rotatable bonds is 2. The van der Waals surface area contributed by atoms with Crippen molar-refractivity contribution in [2.45, 2.75) is 6.04 Å². The summed E-state index contributed by atoms with van der Waals surface area (Å²) in [6.07, 6.45) is 5.31. The molecule has 0 aliphatic heterocycles. The van der Waals surface area contributed by atoms with Gasteiger partial charge in [0.2, 0.25) is 0 Å². The molecule has 1 aromatic rings. The molecule has 1 aromatic carbocycles. The van der Waals surface area contributed by atoms with Crippen LogP contribution in [0, 0.1) is 12.3 Å². The van der Waals surface area contributed by atoms with Crippen LogP contribution >= 0.6 is 23.2 Å². The third kappa shape index (κ3) is 2.38. The molecule has 0 aliphatic rings. The Morgan fingerprint density at radius 2 is 2.08 bits per heavy atom. The van der Waals surface area contributed by atoms with Crippen LogP contribution in [0.4, 0.5) is 0 Å². The summed E-state index contributed by atoms with van der Waals surface area (Å²) in [4.78, 5) is 0. The molecule has 68 valence electrons. The second-order valence-electron chi connectivity index (χ2n) is 2.56. The number of halogens is 2. The summed E-state index contributed by atoms with van der Waals surface area (Å²) in [5, 5.41) is 4.04. The first-order chi connectivity index (χ1) is 6.19. The number of nitrogens with one attached hydrogen (secondary N) is 1. The molecule has 0 spiro atoms. The van der Waals surface area contributed by atoms with E-state index in [4.69, 9.17) is 29.6 Å². The predicted molar refractivity (Wildman–Crippen MR) is 57.1 cm³/mol. The molecule has 3 heteroatoms. The van der Waals surface area contributed by atoms with Crippen LogP contribution in [0.25, 0.3) is 0 Å². The zero-order valence-corrected chi connectivity index (χ0v) is 8.65. The van der Waals surface area contributed by atoms with Gasteiger partial charge in [-0.1, -0.05) is 35.2 Å². The molecule has 0 bridgehead atoms. The number of terminal acetylenes is 1. The van der Waals surface area contributed by atoms with Crippen LogP contribution in [0.3, 0.4) is 0 Å². The molecule has 1 rings (SSSR count). The Labute approximate surface area is 88.0 Å². The van der Waals surface area contributed by atoms with Gasteiger partial charge in [0, 0.05) is 0 Å². The lowest BCUT2D eigenvalue weighted by molar-refractivity contribution is 0.737. The summed E-state index contributed by atoms with van der Waals surface area (Å²) in [6.45, 7) is 0. The van der Waals surface area contributed by atoms with Gasteiger partial charge in [0.05, 0.1) is 16.1 Å². The SMILES string of the molecule is C#CC(NC)c1ccc(Cl)c(Cl)c1. The van der Waals surface area contributed by atoms with E-state index in [0.29, 0.717) is 10.0 Å². The van der Waals surface area contributed by atoms with Gasteiger partial charge in [-0.25, -0.2) is 0 Å². The highest BCUT2D eigenvalue weighted by molar-refractivity contribution is 6.42. The molecule has 1 nitrogen and oxygen atoms in total. The second kappa shape index (κ2) is 4.53. The van der Waals surface area contributed by atoms with Crippen molar-refractivity contribution < 1.29 is 0 Å². The fourth-order valence-electron chi connectivity index (χ4n) is 1.04. The maximum absolute atomic E-state index is 5.84.